The van der Waals surface area contributed by atoms with Gasteiger partial charge in [0.1, 0.15) is 5.75 Å². The van der Waals surface area contributed by atoms with Crippen LogP contribution in [-0.2, 0) is 6.42 Å². The number of hydrogen-bond acceptors (Lipinski definition) is 4. The van der Waals surface area contributed by atoms with E-state index in [0.717, 1.165) is 18.5 Å². The van der Waals surface area contributed by atoms with Gasteiger partial charge in [-0.25, -0.2) is 0 Å². The largest absolute Gasteiger partial charge is 0.507 e. The molecule has 4 heteroatoms. The van der Waals surface area contributed by atoms with Crippen LogP contribution in [0.15, 0.2) is 36.4 Å². The maximum absolute atomic E-state index is 10.3. The van der Waals surface area contributed by atoms with E-state index in [4.69, 9.17) is 9.47 Å². The Bertz CT molecular complexity index is 669. The molecule has 0 spiro atoms. The number of benzene rings is 2. The molecule has 2 aromatic rings. The lowest BCUT2D eigenvalue weighted by Crippen LogP contribution is -2.30. The lowest BCUT2D eigenvalue weighted by Gasteiger charge is -2.27. The standard InChI is InChI=1S/C16H15NO3/c18-13-8-15-14(19-9-20-15)7-12(13)16-11-4-2-1-3-10(11)5-6-17-16/h1-4,7-8,16-18H,5-6,9H2. The van der Waals surface area contributed by atoms with Crippen LogP contribution < -0.4 is 14.8 Å². The molecule has 0 bridgehead atoms. The molecule has 20 heavy (non-hydrogen) atoms. The summed E-state index contributed by atoms with van der Waals surface area (Å²) in [6.07, 6.45) is 1.01. The molecule has 0 aliphatic carbocycles. The first-order valence-corrected chi connectivity index (χ1v) is 6.76. The van der Waals surface area contributed by atoms with E-state index in [-0.39, 0.29) is 18.6 Å². The van der Waals surface area contributed by atoms with Gasteiger partial charge < -0.3 is 19.9 Å². The van der Waals surface area contributed by atoms with Crippen molar-refractivity contribution >= 4 is 0 Å². The van der Waals surface area contributed by atoms with E-state index in [2.05, 4.69) is 23.5 Å². The lowest BCUT2D eigenvalue weighted by molar-refractivity contribution is 0.174. The zero-order chi connectivity index (χ0) is 13.5. The maximum atomic E-state index is 10.3. The molecule has 0 saturated carbocycles. The molecule has 1 unspecified atom stereocenters. The second kappa shape index (κ2) is 4.42. The van der Waals surface area contributed by atoms with Crippen molar-refractivity contribution in [3.05, 3.63) is 53.1 Å². The second-order valence-corrected chi connectivity index (χ2v) is 5.10. The second-order valence-electron chi connectivity index (χ2n) is 5.10. The van der Waals surface area contributed by atoms with Gasteiger partial charge in [0.25, 0.3) is 0 Å². The zero-order valence-electron chi connectivity index (χ0n) is 10.9. The van der Waals surface area contributed by atoms with Crippen molar-refractivity contribution in [1.82, 2.24) is 5.32 Å². The number of phenolic OH excluding ortho intramolecular Hbond substituents is 1. The number of fused-ring (bicyclic) bond motifs is 2. The molecule has 4 nitrogen and oxygen atoms in total. The first-order chi connectivity index (χ1) is 9.83. The molecule has 0 amide bonds. The Morgan fingerprint density at radius 1 is 1.05 bits per heavy atom. The Morgan fingerprint density at radius 2 is 1.85 bits per heavy atom. The average Bonchev–Trinajstić information content (AvgIpc) is 2.93. The summed E-state index contributed by atoms with van der Waals surface area (Å²) in [5.41, 5.74) is 3.38. The van der Waals surface area contributed by atoms with E-state index in [1.54, 1.807) is 6.07 Å². The fraction of sp³-hybridized carbons (Fsp3) is 0.250. The van der Waals surface area contributed by atoms with E-state index in [0.29, 0.717) is 11.5 Å². The number of aromatic hydroxyl groups is 1. The predicted octanol–water partition coefficient (Wildman–Crippen LogP) is 2.36. The average molecular weight is 269 g/mol. The van der Waals surface area contributed by atoms with Gasteiger partial charge in [0, 0.05) is 18.2 Å². The molecular formula is C16H15NO3. The molecular weight excluding hydrogens is 254 g/mol. The van der Waals surface area contributed by atoms with Gasteiger partial charge in [0.05, 0.1) is 6.04 Å². The van der Waals surface area contributed by atoms with Gasteiger partial charge in [0.2, 0.25) is 6.79 Å². The first-order valence-electron chi connectivity index (χ1n) is 6.76. The highest BCUT2D eigenvalue weighted by Crippen LogP contribution is 2.42. The Kier molecular flexibility index (Phi) is 2.57. The van der Waals surface area contributed by atoms with Gasteiger partial charge >= 0.3 is 0 Å². The molecule has 1 atom stereocenters. The van der Waals surface area contributed by atoms with Crippen LogP contribution in [-0.4, -0.2) is 18.4 Å². The summed E-state index contributed by atoms with van der Waals surface area (Å²) >= 11 is 0. The lowest BCUT2D eigenvalue weighted by atomic mass is 9.89. The van der Waals surface area contributed by atoms with E-state index in [1.807, 2.05) is 12.1 Å². The molecule has 0 aromatic heterocycles. The molecule has 0 saturated heterocycles. The van der Waals surface area contributed by atoms with Crippen LogP contribution in [0, 0.1) is 0 Å². The summed E-state index contributed by atoms with van der Waals surface area (Å²) < 4.78 is 10.7. The minimum atomic E-state index is -0.00514. The minimum Gasteiger partial charge on any atom is -0.507 e. The summed E-state index contributed by atoms with van der Waals surface area (Å²) in [4.78, 5) is 0. The molecule has 2 N–H and O–H groups in total. The zero-order valence-corrected chi connectivity index (χ0v) is 10.9. The third-order valence-corrected chi connectivity index (χ3v) is 3.94. The SMILES string of the molecule is Oc1cc2c(cc1C1NCCc3ccccc31)OCO2. The predicted molar refractivity (Wildman–Crippen MR) is 74.2 cm³/mol. The van der Waals surface area contributed by atoms with Crippen molar-refractivity contribution in [2.45, 2.75) is 12.5 Å². The Labute approximate surface area is 117 Å². The van der Waals surface area contributed by atoms with Crippen LogP contribution in [0.4, 0.5) is 0 Å². The van der Waals surface area contributed by atoms with E-state index >= 15 is 0 Å². The van der Waals surface area contributed by atoms with Crippen LogP contribution in [0.1, 0.15) is 22.7 Å². The topological polar surface area (TPSA) is 50.7 Å². The van der Waals surface area contributed by atoms with Gasteiger partial charge in [-0.2, -0.15) is 0 Å². The van der Waals surface area contributed by atoms with E-state index < -0.39 is 0 Å². The maximum Gasteiger partial charge on any atom is 0.231 e. The minimum absolute atomic E-state index is 0.00514. The smallest absolute Gasteiger partial charge is 0.231 e. The van der Waals surface area contributed by atoms with Crippen LogP contribution in [0.3, 0.4) is 0 Å². The summed E-state index contributed by atoms with van der Waals surface area (Å²) in [6, 6.07) is 11.8. The highest BCUT2D eigenvalue weighted by atomic mass is 16.7. The van der Waals surface area contributed by atoms with Gasteiger partial charge in [-0.3, -0.25) is 0 Å². The highest BCUT2D eigenvalue weighted by Gasteiger charge is 2.26. The number of nitrogens with one attached hydrogen (secondary N) is 1. The summed E-state index contributed by atoms with van der Waals surface area (Å²) in [7, 11) is 0. The van der Waals surface area contributed by atoms with Crippen molar-refractivity contribution in [2.75, 3.05) is 13.3 Å². The first kappa shape index (κ1) is 11.6. The monoisotopic (exact) mass is 269 g/mol. The third-order valence-electron chi connectivity index (χ3n) is 3.94. The highest BCUT2D eigenvalue weighted by molar-refractivity contribution is 5.55. The third kappa shape index (κ3) is 1.72. The molecule has 0 radical (unpaired) electrons. The van der Waals surface area contributed by atoms with Gasteiger partial charge in [-0.15, -0.1) is 0 Å². The molecule has 0 fully saturated rings. The van der Waals surface area contributed by atoms with Gasteiger partial charge in [-0.05, 0) is 23.6 Å². The summed E-state index contributed by atoms with van der Waals surface area (Å²) in [6.45, 7) is 1.11. The fourth-order valence-corrected chi connectivity index (χ4v) is 2.96. The fourth-order valence-electron chi connectivity index (χ4n) is 2.96. The van der Waals surface area contributed by atoms with Crippen LogP contribution in [0.25, 0.3) is 0 Å². The van der Waals surface area contributed by atoms with Crippen molar-refractivity contribution in [3.8, 4) is 17.2 Å². The molecule has 2 heterocycles. The quantitative estimate of drug-likeness (QED) is 0.834. The van der Waals surface area contributed by atoms with Crippen LogP contribution in [0.2, 0.25) is 0 Å². The van der Waals surface area contributed by atoms with Gasteiger partial charge in [0.15, 0.2) is 11.5 Å². The molecule has 4 rings (SSSR count). The number of phenols is 1. The summed E-state index contributed by atoms with van der Waals surface area (Å²) in [5, 5.41) is 13.7. The van der Waals surface area contributed by atoms with Crippen molar-refractivity contribution in [2.24, 2.45) is 0 Å². The van der Waals surface area contributed by atoms with Crippen LogP contribution >= 0.6 is 0 Å². The van der Waals surface area contributed by atoms with Crippen molar-refractivity contribution in [1.29, 1.82) is 0 Å². The number of ether oxygens (including phenoxy) is 2. The van der Waals surface area contributed by atoms with Crippen molar-refractivity contribution in [3.63, 3.8) is 0 Å². The normalized spacial score (nSPS) is 19.7. The molecule has 2 aromatic carbocycles. The number of rotatable bonds is 1. The summed E-state index contributed by atoms with van der Waals surface area (Å²) in [5.74, 6) is 1.54. The van der Waals surface area contributed by atoms with E-state index in [9.17, 15) is 5.11 Å². The number of hydrogen-bond donors (Lipinski definition) is 2. The van der Waals surface area contributed by atoms with Crippen molar-refractivity contribution < 1.29 is 14.6 Å². The molecule has 2 aliphatic rings. The van der Waals surface area contributed by atoms with E-state index in [1.165, 1.54) is 11.1 Å². The Hall–Kier alpha value is -2.20. The Morgan fingerprint density at radius 3 is 2.75 bits per heavy atom. The van der Waals surface area contributed by atoms with Gasteiger partial charge in [-0.1, -0.05) is 24.3 Å². The Balaban J connectivity index is 1.83. The molecule has 102 valence electrons. The van der Waals surface area contributed by atoms with Crippen LogP contribution in [0.5, 0.6) is 17.2 Å². The molecule has 2 aliphatic heterocycles.